The fourth-order valence-electron chi connectivity index (χ4n) is 3.24. The molecular weight excluding hydrogens is 307 g/mol. The van der Waals surface area contributed by atoms with Gasteiger partial charge in [0.05, 0.1) is 12.2 Å². The van der Waals surface area contributed by atoms with E-state index in [1.54, 1.807) is 23.0 Å². The quantitative estimate of drug-likeness (QED) is 0.935. The van der Waals surface area contributed by atoms with Crippen LogP contribution in [-0.2, 0) is 0 Å². The maximum Gasteiger partial charge on any atom is 0.273 e. The Labute approximate surface area is 141 Å². The number of nitrogens with zero attached hydrogens (tertiary/aromatic N) is 3. The number of rotatable bonds is 4. The van der Waals surface area contributed by atoms with Crippen molar-refractivity contribution >= 4 is 5.91 Å². The molecule has 1 saturated carbocycles. The maximum absolute atomic E-state index is 13.0. The third-order valence-electron chi connectivity index (χ3n) is 4.92. The smallest absolute Gasteiger partial charge is 0.273 e. The van der Waals surface area contributed by atoms with Crippen molar-refractivity contribution in [2.45, 2.75) is 51.6 Å². The van der Waals surface area contributed by atoms with Crippen molar-refractivity contribution < 1.29 is 9.18 Å². The molecule has 3 rings (SSSR count). The number of halogens is 1. The first-order chi connectivity index (χ1) is 11.5. The molecule has 6 heteroatoms. The summed E-state index contributed by atoms with van der Waals surface area (Å²) in [5, 5.41) is 11.1. The maximum atomic E-state index is 13.0. The summed E-state index contributed by atoms with van der Waals surface area (Å²) in [4.78, 5) is 12.4. The van der Waals surface area contributed by atoms with Gasteiger partial charge in [0.25, 0.3) is 5.91 Å². The number of carbonyl (C=O) groups is 1. The fraction of sp³-hybridized carbons (Fsp3) is 0.500. The summed E-state index contributed by atoms with van der Waals surface area (Å²) in [7, 11) is 0. The van der Waals surface area contributed by atoms with Gasteiger partial charge in [-0.3, -0.25) is 4.79 Å². The van der Waals surface area contributed by atoms with Crippen molar-refractivity contribution in [3.8, 4) is 0 Å². The zero-order valence-electron chi connectivity index (χ0n) is 14.1. The number of hydrogen-bond acceptors (Lipinski definition) is 3. The SMILES string of the molecule is C[C@H]1CCCC[C@@H]1NC(=O)c1cn([C@@H](C)c2ccc(F)cc2)nn1. The summed E-state index contributed by atoms with van der Waals surface area (Å²) in [6, 6.07) is 6.36. The molecule has 0 unspecified atom stereocenters. The summed E-state index contributed by atoms with van der Waals surface area (Å²) in [5.41, 5.74) is 1.23. The van der Waals surface area contributed by atoms with E-state index in [2.05, 4.69) is 22.6 Å². The second kappa shape index (κ2) is 7.11. The van der Waals surface area contributed by atoms with Crippen molar-refractivity contribution in [1.82, 2.24) is 20.3 Å². The zero-order chi connectivity index (χ0) is 17.1. The van der Waals surface area contributed by atoms with E-state index in [-0.39, 0.29) is 23.8 Å². The topological polar surface area (TPSA) is 59.8 Å². The van der Waals surface area contributed by atoms with Gasteiger partial charge < -0.3 is 5.32 Å². The van der Waals surface area contributed by atoms with E-state index in [0.717, 1.165) is 24.8 Å². The van der Waals surface area contributed by atoms with Crippen LogP contribution in [0.5, 0.6) is 0 Å². The molecule has 0 bridgehead atoms. The van der Waals surface area contributed by atoms with Gasteiger partial charge in [-0.1, -0.05) is 37.1 Å². The standard InChI is InChI=1S/C18H23FN4O/c1-12-5-3-4-6-16(12)20-18(24)17-11-23(22-21-17)13(2)14-7-9-15(19)10-8-14/h7-13,16H,3-6H2,1-2H3,(H,20,24)/t12-,13-,16-/m0/s1. The lowest BCUT2D eigenvalue weighted by molar-refractivity contribution is 0.0905. The Hall–Kier alpha value is -2.24. The first-order valence-corrected chi connectivity index (χ1v) is 8.53. The summed E-state index contributed by atoms with van der Waals surface area (Å²) >= 11 is 0. The predicted molar refractivity (Wildman–Crippen MR) is 89.1 cm³/mol. The molecule has 1 aliphatic rings. The lowest BCUT2D eigenvalue weighted by atomic mass is 9.86. The predicted octanol–water partition coefficient (Wildman–Crippen LogP) is 3.34. The number of nitrogens with one attached hydrogen (secondary N) is 1. The average molecular weight is 330 g/mol. The normalized spacial score (nSPS) is 22.1. The third kappa shape index (κ3) is 3.63. The minimum atomic E-state index is -0.272. The van der Waals surface area contributed by atoms with Crippen LogP contribution in [0.2, 0.25) is 0 Å². The van der Waals surface area contributed by atoms with Gasteiger partial charge in [0.15, 0.2) is 5.69 Å². The highest BCUT2D eigenvalue weighted by atomic mass is 19.1. The fourth-order valence-corrected chi connectivity index (χ4v) is 3.24. The van der Waals surface area contributed by atoms with E-state index < -0.39 is 0 Å². The number of hydrogen-bond donors (Lipinski definition) is 1. The third-order valence-corrected chi connectivity index (χ3v) is 4.92. The highest BCUT2D eigenvalue weighted by Gasteiger charge is 2.24. The van der Waals surface area contributed by atoms with E-state index in [4.69, 9.17) is 0 Å². The van der Waals surface area contributed by atoms with E-state index in [0.29, 0.717) is 11.6 Å². The van der Waals surface area contributed by atoms with Gasteiger partial charge in [-0.2, -0.15) is 0 Å². The molecule has 1 aromatic heterocycles. The van der Waals surface area contributed by atoms with Crippen molar-refractivity contribution in [3.05, 3.63) is 47.5 Å². The first-order valence-electron chi connectivity index (χ1n) is 8.53. The van der Waals surface area contributed by atoms with Crippen LogP contribution >= 0.6 is 0 Å². The van der Waals surface area contributed by atoms with E-state index in [1.807, 2.05) is 6.92 Å². The highest BCUT2D eigenvalue weighted by molar-refractivity contribution is 5.92. The van der Waals surface area contributed by atoms with Crippen LogP contribution in [0.3, 0.4) is 0 Å². The Bertz CT molecular complexity index is 697. The van der Waals surface area contributed by atoms with Crippen LogP contribution in [-0.4, -0.2) is 26.9 Å². The van der Waals surface area contributed by atoms with Gasteiger partial charge >= 0.3 is 0 Å². The summed E-state index contributed by atoms with van der Waals surface area (Å²) < 4.78 is 14.7. The summed E-state index contributed by atoms with van der Waals surface area (Å²) in [5.74, 6) is 0.0494. The average Bonchev–Trinajstić information content (AvgIpc) is 3.07. The summed E-state index contributed by atoms with van der Waals surface area (Å²) in [6.07, 6.45) is 6.21. The number of carbonyl (C=O) groups excluding carboxylic acids is 1. The molecular formula is C18H23FN4O. The Morgan fingerprint density at radius 2 is 2.00 bits per heavy atom. The molecule has 1 N–H and O–H groups in total. The molecule has 1 aromatic carbocycles. The molecule has 128 valence electrons. The molecule has 0 aliphatic heterocycles. The molecule has 0 radical (unpaired) electrons. The molecule has 1 fully saturated rings. The molecule has 3 atom stereocenters. The Morgan fingerprint density at radius 3 is 2.71 bits per heavy atom. The molecule has 24 heavy (non-hydrogen) atoms. The first kappa shape index (κ1) is 16.6. The van der Waals surface area contributed by atoms with Crippen LogP contribution in [0.15, 0.2) is 30.5 Å². The van der Waals surface area contributed by atoms with E-state index in [1.165, 1.54) is 18.6 Å². The van der Waals surface area contributed by atoms with Crippen molar-refractivity contribution in [2.75, 3.05) is 0 Å². The van der Waals surface area contributed by atoms with Crippen LogP contribution in [0, 0.1) is 11.7 Å². The Morgan fingerprint density at radius 1 is 1.29 bits per heavy atom. The number of amides is 1. The highest BCUT2D eigenvalue weighted by Crippen LogP contribution is 2.24. The van der Waals surface area contributed by atoms with Crippen molar-refractivity contribution in [3.63, 3.8) is 0 Å². The Kier molecular flexibility index (Phi) is 4.92. The number of benzene rings is 1. The monoisotopic (exact) mass is 330 g/mol. The zero-order valence-corrected chi connectivity index (χ0v) is 14.1. The largest absolute Gasteiger partial charge is 0.348 e. The van der Waals surface area contributed by atoms with Gasteiger partial charge in [0.1, 0.15) is 5.82 Å². The van der Waals surface area contributed by atoms with Gasteiger partial charge in [0.2, 0.25) is 0 Å². The lowest BCUT2D eigenvalue weighted by Gasteiger charge is -2.29. The molecule has 1 heterocycles. The number of aromatic nitrogens is 3. The molecule has 1 aliphatic carbocycles. The molecule has 5 nitrogen and oxygen atoms in total. The van der Waals surface area contributed by atoms with Crippen LogP contribution in [0.4, 0.5) is 4.39 Å². The molecule has 0 saturated heterocycles. The van der Waals surface area contributed by atoms with E-state index in [9.17, 15) is 9.18 Å². The van der Waals surface area contributed by atoms with Crippen LogP contribution in [0.25, 0.3) is 0 Å². The minimum Gasteiger partial charge on any atom is -0.348 e. The van der Waals surface area contributed by atoms with Crippen molar-refractivity contribution in [1.29, 1.82) is 0 Å². The lowest BCUT2D eigenvalue weighted by Crippen LogP contribution is -2.41. The van der Waals surface area contributed by atoms with Gasteiger partial charge in [-0.05, 0) is 43.4 Å². The van der Waals surface area contributed by atoms with Gasteiger partial charge in [-0.25, -0.2) is 9.07 Å². The molecule has 2 aromatic rings. The minimum absolute atomic E-state index is 0.117. The van der Waals surface area contributed by atoms with Gasteiger partial charge in [0, 0.05) is 6.04 Å². The van der Waals surface area contributed by atoms with Crippen molar-refractivity contribution in [2.24, 2.45) is 5.92 Å². The second-order valence-electron chi connectivity index (χ2n) is 6.65. The summed E-state index contributed by atoms with van der Waals surface area (Å²) in [6.45, 7) is 4.12. The van der Waals surface area contributed by atoms with Crippen LogP contribution < -0.4 is 5.32 Å². The van der Waals surface area contributed by atoms with Crippen LogP contribution in [0.1, 0.15) is 61.6 Å². The molecule has 0 spiro atoms. The van der Waals surface area contributed by atoms with E-state index >= 15 is 0 Å². The Balaban J connectivity index is 1.68. The second-order valence-corrected chi connectivity index (χ2v) is 6.65. The molecule has 1 amide bonds. The van der Waals surface area contributed by atoms with Gasteiger partial charge in [-0.15, -0.1) is 5.10 Å².